The Morgan fingerprint density at radius 1 is 0.841 bits per heavy atom. The van der Waals surface area contributed by atoms with Crippen molar-refractivity contribution in [2.75, 3.05) is 16.8 Å². The van der Waals surface area contributed by atoms with Crippen LogP contribution in [-0.4, -0.2) is 33.9 Å². The van der Waals surface area contributed by atoms with Gasteiger partial charge >= 0.3 is 5.97 Å². The van der Waals surface area contributed by atoms with Gasteiger partial charge in [0.1, 0.15) is 6.54 Å². The third-order valence-electron chi connectivity index (χ3n) is 7.49. The molecular formula is C37H37N3O4. The summed E-state index contributed by atoms with van der Waals surface area (Å²) in [5.41, 5.74) is 5.45. The summed E-state index contributed by atoms with van der Waals surface area (Å²) in [5.74, 6) is -0.629. The first-order valence-electron chi connectivity index (χ1n) is 14.9. The SMILES string of the molecule is CC(C)Cc1ccc(N(CC(=O)Nc2ccccc2)c2cccc(C(=O)c3cn(CCCC(=O)O)c4ccccc34)c2)cc1. The number of para-hydroxylation sites is 2. The first-order valence-corrected chi connectivity index (χ1v) is 14.9. The molecule has 2 N–H and O–H groups in total. The molecule has 1 heterocycles. The van der Waals surface area contributed by atoms with E-state index in [1.54, 1.807) is 6.07 Å². The minimum atomic E-state index is -0.842. The van der Waals surface area contributed by atoms with Gasteiger partial charge in [0, 0.05) is 58.3 Å². The van der Waals surface area contributed by atoms with Gasteiger partial charge in [-0.2, -0.15) is 0 Å². The fraction of sp³-hybridized carbons (Fsp3) is 0.216. The molecule has 1 aromatic heterocycles. The highest BCUT2D eigenvalue weighted by molar-refractivity contribution is 6.16. The Morgan fingerprint density at radius 2 is 1.57 bits per heavy atom. The number of ketones is 1. The molecule has 1 amide bonds. The van der Waals surface area contributed by atoms with Gasteiger partial charge in [0.15, 0.2) is 5.78 Å². The van der Waals surface area contributed by atoms with Crippen LogP contribution in [0.2, 0.25) is 0 Å². The Bertz CT molecular complexity index is 1760. The molecule has 0 radical (unpaired) electrons. The topological polar surface area (TPSA) is 91.6 Å². The van der Waals surface area contributed by atoms with Crippen molar-refractivity contribution >= 4 is 45.6 Å². The predicted molar refractivity (Wildman–Crippen MR) is 176 cm³/mol. The van der Waals surface area contributed by atoms with Gasteiger partial charge in [-0.3, -0.25) is 14.4 Å². The number of carboxylic acids is 1. The molecule has 7 heteroatoms. The first kappa shape index (κ1) is 30.3. The molecule has 0 saturated heterocycles. The van der Waals surface area contributed by atoms with Crippen molar-refractivity contribution in [1.29, 1.82) is 0 Å². The monoisotopic (exact) mass is 587 g/mol. The second kappa shape index (κ2) is 13.9. The summed E-state index contributed by atoms with van der Waals surface area (Å²) >= 11 is 0. The van der Waals surface area contributed by atoms with Crippen LogP contribution in [0.4, 0.5) is 17.1 Å². The van der Waals surface area contributed by atoms with Crippen molar-refractivity contribution in [1.82, 2.24) is 4.57 Å². The molecule has 0 saturated carbocycles. The summed E-state index contributed by atoms with van der Waals surface area (Å²) in [4.78, 5) is 40.2. The number of carboxylic acid groups (broad SMARTS) is 1. The number of aliphatic carboxylic acids is 1. The molecule has 0 aliphatic carbocycles. The second-order valence-corrected chi connectivity index (χ2v) is 11.4. The van der Waals surface area contributed by atoms with Crippen molar-refractivity contribution in [3.8, 4) is 0 Å². The lowest BCUT2D eigenvalue weighted by atomic mass is 10.0. The Morgan fingerprint density at radius 3 is 2.30 bits per heavy atom. The number of aromatic nitrogens is 1. The van der Waals surface area contributed by atoms with E-state index < -0.39 is 5.97 Å². The summed E-state index contributed by atoms with van der Waals surface area (Å²) in [7, 11) is 0. The van der Waals surface area contributed by atoms with Gasteiger partial charge in [-0.05, 0) is 66.8 Å². The van der Waals surface area contributed by atoms with E-state index in [9.17, 15) is 14.4 Å². The van der Waals surface area contributed by atoms with E-state index in [-0.39, 0.29) is 24.7 Å². The average Bonchev–Trinajstić information content (AvgIpc) is 3.38. The maximum atomic E-state index is 14.0. The average molecular weight is 588 g/mol. The number of rotatable bonds is 13. The van der Waals surface area contributed by atoms with Gasteiger partial charge in [-0.25, -0.2) is 0 Å². The van der Waals surface area contributed by atoms with Crippen LogP contribution in [0.1, 0.15) is 48.2 Å². The fourth-order valence-corrected chi connectivity index (χ4v) is 5.46. The fourth-order valence-electron chi connectivity index (χ4n) is 5.46. The third-order valence-corrected chi connectivity index (χ3v) is 7.49. The van der Waals surface area contributed by atoms with E-state index in [0.717, 1.165) is 28.7 Å². The predicted octanol–water partition coefficient (Wildman–Crippen LogP) is 7.71. The second-order valence-electron chi connectivity index (χ2n) is 11.4. The van der Waals surface area contributed by atoms with E-state index in [1.807, 2.05) is 101 Å². The molecular weight excluding hydrogens is 550 g/mol. The molecule has 7 nitrogen and oxygen atoms in total. The molecule has 0 spiro atoms. The third kappa shape index (κ3) is 7.42. The maximum absolute atomic E-state index is 14.0. The number of hydrogen-bond donors (Lipinski definition) is 2. The van der Waals surface area contributed by atoms with Crippen LogP contribution in [-0.2, 0) is 22.6 Å². The standard InChI is InChI=1S/C37H37N3O4/c1-26(2)22-27-17-19-30(20-18-27)40(25-35(41)38-29-11-4-3-5-12-29)31-13-8-10-28(23-31)37(44)33-24-39(21-9-16-36(42)43)34-15-7-6-14-32(33)34/h3-8,10-15,17-20,23-24,26H,9,16,21-22,25H2,1-2H3,(H,38,41)(H,42,43). The molecule has 0 aliphatic heterocycles. The summed E-state index contributed by atoms with van der Waals surface area (Å²) in [5, 5.41) is 12.9. The van der Waals surface area contributed by atoms with Gasteiger partial charge in [0.25, 0.3) is 0 Å². The molecule has 0 unspecified atom stereocenters. The summed E-state index contributed by atoms with van der Waals surface area (Å²) in [6.07, 6.45) is 3.31. The molecule has 4 aromatic carbocycles. The van der Waals surface area contributed by atoms with E-state index in [0.29, 0.717) is 35.7 Å². The number of nitrogens with zero attached hydrogens (tertiary/aromatic N) is 2. The van der Waals surface area contributed by atoms with Gasteiger partial charge < -0.3 is 19.9 Å². The van der Waals surface area contributed by atoms with E-state index in [4.69, 9.17) is 5.11 Å². The number of nitrogens with one attached hydrogen (secondary N) is 1. The van der Waals surface area contributed by atoms with Crippen LogP contribution in [0.25, 0.3) is 10.9 Å². The Labute approximate surface area is 257 Å². The van der Waals surface area contributed by atoms with Gasteiger partial charge in [-0.15, -0.1) is 0 Å². The maximum Gasteiger partial charge on any atom is 0.303 e. The minimum Gasteiger partial charge on any atom is -0.481 e. The summed E-state index contributed by atoms with van der Waals surface area (Å²) < 4.78 is 1.95. The van der Waals surface area contributed by atoms with Crippen LogP contribution in [0.5, 0.6) is 0 Å². The van der Waals surface area contributed by atoms with Crippen molar-refractivity contribution in [2.45, 2.75) is 39.7 Å². The summed E-state index contributed by atoms with van der Waals surface area (Å²) in [6, 6.07) is 32.6. The molecule has 224 valence electrons. The quantitative estimate of drug-likeness (QED) is 0.138. The molecule has 5 aromatic rings. The lowest BCUT2D eigenvalue weighted by Gasteiger charge is -2.25. The smallest absolute Gasteiger partial charge is 0.303 e. The largest absolute Gasteiger partial charge is 0.481 e. The van der Waals surface area contributed by atoms with Gasteiger partial charge in [0.05, 0.1) is 0 Å². The molecule has 0 fully saturated rings. The van der Waals surface area contributed by atoms with E-state index >= 15 is 0 Å². The number of fused-ring (bicyclic) bond motifs is 1. The van der Waals surface area contributed by atoms with Crippen LogP contribution in [0.15, 0.2) is 109 Å². The zero-order valence-electron chi connectivity index (χ0n) is 25.1. The Kier molecular flexibility index (Phi) is 9.55. The number of carbonyl (C=O) groups is 3. The van der Waals surface area contributed by atoms with Gasteiger partial charge in [-0.1, -0.05) is 74.5 Å². The Balaban J connectivity index is 1.47. The highest BCUT2D eigenvalue weighted by Gasteiger charge is 2.20. The lowest BCUT2D eigenvalue weighted by Crippen LogP contribution is -2.30. The van der Waals surface area contributed by atoms with E-state index in [2.05, 4.69) is 31.3 Å². The highest BCUT2D eigenvalue weighted by Crippen LogP contribution is 2.30. The van der Waals surface area contributed by atoms with Crippen LogP contribution < -0.4 is 10.2 Å². The van der Waals surface area contributed by atoms with Crippen molar-refractivity contribution in [3.63, 3.8) is 0 Å². The molecule has 5 rings (SSSR count). The zero-order valence-corrected chi connectivity index (χ0v) is 25.1. The molecule has 0 aliphatic rings. The Hall–Kier alpha value is -5.17. The number of benzene rings is 4. The number of hydrogen-bond acceptors (Lipinski definition) is 4. The molecule has 44 heavy (non-hydrogen) atoms. The number of amides is 1. The number of carbonyl (C=O) groups excluding carboxylic acids is 2. The van der Waals surface area contributed by atoms with Gasteiger partial charge in [0.2, 0.25) is 5.91 Å². The lowest BCUT2D eigenvalue weighted by molar-refractivity contribution is -0.137. The highest BCUT2D eigenvalue weighted by atomic mass is 16.4. The van der Waals surface area contributed by atoms with Crippen LogP contribution in [0, 0.1) is 5.92 Å². The number of anilines is 3. The molecule has 0 atom stereocenters. The summed E-state index contributed by atoms with van der Waals surface area (Å²) in [6.45, 7) is 4.92. The zero-order chi connectivity index (χ0) is 31.1. The molecule has 0 bridgehead atoms. The van der Waals surface area contributed by atoms with Crippen molar-refractivity contribution in [3.05, 3.63) is 126 Å². The van der Waals surface area contributed by atoms with Crippen molar-refractivity contribution in [2.24, 2.45) is 5.92 Å². The van der Waals surface area contributed by atoms with E-state index in [1.165, 1.54) is 5.56 Å². The van der Waals surface area contributed by atoms with Crippen LogP contribution >= 0.6 is 0 Å². The van der Waals surface area contributed by atoms with Crippen LogP contribution in [0.3, 0.4) is 0 Å². The first-order chi connectivity index (χ1) is 21.3. The normalized spacial score (nSPS) is 11.1. The number of aryl methyl sites for hydroxylation is 1. The van der Waals surface area contributed by atoms with Crippen molar-refractivity contribution < 1.29 is 19.5 Å². The minimum absolute atomic E-state index is 0.0545.